The molecule has 3 aliphatic carbocycles. The van der Waals surface area contributed by atoms with Gasteiger partial charge >= 0.3 is 0 Å². The average molecular weight is 371 g/mol. The monoisotopic (exact) mass is 370 g/mol. The molecular formula is C23H34N2O2. The lowest BCUT2D eigenvalue weighted by Gasteiger charge is -2.62. The summed E-state index contributed by atoms with van der Waals surface area (Å²) in [5.41, 5.74) is 1.64. The fourth-order valence-corrected chi connectivity index (χ4v) is 5.64. The van der Waals surface area contributed by atoms with Crippen molar-refractivity contribution < 1.29 is 9.84 Å². The van der Waals surface area contributed by atoms with E-state index in [1.54, 1.807) is 0 Å². The highest BCUT2D eigenvalue weighted by atomic mass is 16.5. The number of pyridine rings is 1. The van der Waals surface area contributed by atoms with Gasteiger partial charge in [0.05, 0.1) is 6.04 Å². The maximum atomic E-state index is 11.3. The Bertz CT molecular complexity index is 677. The molecule has 2 bridgehead atoms. The third-order valence-electron chi connectivity index (χ3n) is 7.74. The minimum atomic E-state index is -0.780. The summed E-state index contributed by atoms with van der Waals surface area (Å²) >= 11 is 0. The van der Waals surface area contributed by atoms with E-state index < -0.39 is 5.60 Å². The molecular weight excluding hydrogens is 336 g/mol. The summed E-state index contributed by atoms with van der Waals surface area (Å²) in [6, 6.07) is 4.23. The van der Waals surface area contributed by atoms with Gasteiger partial charge in [-0.15, -0.1) is 0 Å². The van der Waals surface area contributed by atoms with Crippen LogP contribution in [0.5, 0.6) is 0 Å². The van der Waals surface area contributed by atoms with Crippen molar-refractivity contribution in [3.05, 3.63) is 30.1 Å². The van der Waals surface area contributed by atoms with Gasteiger partial charge in [-0.3, -0.25) is 9.98 Å². The van der Waals surface area contributed by atoms with Gasteiger partial charge in [0.1, 0.15) is 5.60 Å². The number of aromatic nitrogens is 1. The highest BCUT2D eigenvalue weighted by Gasteiger charge is 2.61. The van der Waals surface area contributed by atoms with E-state index in [1.165, 1.54) is 12.0 Å². The number of aliphatic imine (C=N–C) groups is 1. The van der Waals surface area contributed by atoms with Gasteiger partial charge < -0.3 is 9.84 Å². The molecule has 2 heterocycles. The average Bonchev–Trinajstić information content (AvgIpc) is 2.67. The van der Waals surface area contributed by atoms with E-state index in [2.05, 4.69) is 24.9 Å². The third kappa shape index (κ3) is 3.58. The van der Waals surface area contributed by atoms with Crippen LogP contribution in [0.3, 0.4) is 0 Å². The van der Waals surface area contributed by atoms with Crippen LogP contribution in [-0.4, -0.2) is 34.6 Å². The van der Waals surface area contributed by atoms with Crippen LogP contribution in [0, 0.1) is 23.2 Å². The number of hydrogen-bond donors (Lipinski definition) is 1. The maximum Gasteiger partial charge on any atom is 0.103 e. The Balaban J connectivity index is 1.54. The molecule has 1 aromatic heterocycles. The first-order valence-electron chi connectivity index (χ1n) is 10.7. The molecule has 0 spiro atoms. The van der Waals surface area contributed by atoms with Crippen LogP contribution in [0.15, 0.2) is 29.5 Å². The molecule has 1 aromatic rings. The Hall–Kier alpha value is -1.26. The third-order valence-corrected chi connectivity index (χ3v) is 7.74. The number of hydrogen-bond acceptors (Lipinski definition) is 4. The van der Waals surface area contributed by atoms with Crippen LogP contribution < -0.4 is 0 Å². The molecule has 1 aliphatic heterocycles. The quantitative estimate of drug-likeness (QED) is 0.825. The van der Waals surface area contributed by atoms with E-state index >= 15 is 0 Å². The Morgan fingerprint density at radius 2 is 2.07 bits per heavy atom. The summed E-state index contributed by atoms with van der Waals surface area (Å²) in [4.78, 5) is 9.51. The van der Waals surface area contributed by atoms with E-state index in [0.29, 0.717) is 11.8 Å². The second-order valence-corrected chi connectivity index (χ2v) is 9.67. The van der Waals surface area contributed by atoms with Gasteiger partial charge in [-0.2, -0.15) is 0 Å². The van der Waals surface area contributed by atoms with E-state index in [0.717, 1.165) is 56.9 Å². The first-order valence-corrected chi connectivity index (χ1v) is 10.7. The fourth-order valence-electron chi connectivity index (χ4n) is 5.64. The van der Waals surface area contributed by atoms with Crippen LogP contribution in [-0.2, 0) is 4.74 Å². The highest BCUT2D eigenvalue weighted by Crippen LogP contribution is 2.61. The number of rotatable bonds is 5. The summed E-state index contributed by atoms with van der Waals surface area (Å²) in [6.07, 6.45) is 10.3. The zero-order valence-corrected chi connectivity index (χ0v) is 17.0. The van der Waals surface area contributed by atoms with E-state index in [4.69, 9.17) is 9.73 Å². The molecule has 4 atom stereocenters. The molecule has 1 saturated heterocycles. The zero-order valence-electron chi connectivity index (χ0n) is 17.0. The molecule has 0 amide bonds. The molecule has 148 valence electrons. The first kappa shape index (κ1) is 19.1. The molecule has 3 saturated carbocycles. The standard InChI is InChI=1S/C23H34N2O2/c1-22(2)18-13-20(22)23(3,26)21(14-18)25-19(17-5-4-10-24-15-17)7-6-16-8-11-27-12-9-16/h4-5,10,15-16,18-20,26H,6-9,11-14H2,1-3H3. The lowest BCUT2D eigenvalue weighted by Crippen LogP contribution is -2.64. The molecule has 5 rings (SSSR count). The van der Waals surface area contributed by atoms with Crippen LogP contribution in [0.4, 0.5) is 0 Å². The predicted octanol–water partition coefficient (Wildman–Crippen LogP) is 4.59. The SMILES string of the molecule is CC1(O)C(=NC(CCC2CCOCC2)c2cccnc2)CC2CC1C2(C)C. The Morgan fingerprint density at radius 3 is 2.70 bits per heavy atom. The van der Waals surface area contributed by atoms with Crippen molar-refractivity contribution >= 4 is 5.71 Å². The molecule has 1 N–H and O–H groups in total. The van der Waals surface area contributed by atoms with Gasteiger partial charge in [0, 0.05) is 31.3 Å². The van der Waals surface area contributed by atoms with Crippen molar-refractivity contribution in [3.63, 3.8) is 0 Å². The molecule has 4 heteroatoms. The van der Waals surface area contributed by atoms with Gasteiger partial charge in [0.15, 0.2) is 0 Å². The topological polar surface area (TPSA) is 54.7 Å². The van der Waals surface area contributed by atoms with Crippen LogP contribution >= 0.6 is 0 Å². The Labute approximate surface area is 163 Å². The fraction of sp³-hybridized carbons (Fsp3) is 0.739. The van der Waals surface area contributed by atoms with Crippen LogP contribution in [0.25, 0.3) is 0 Å². The van der Waals surface area contributed by atoms with Crippen molar-refractivity contribution in [3.8, 4) is 0 Å². The number of nitrogens with zero attached hydrogens (tertiary/aromatic N) is 2. The summed E-state index contributed by atoms with van der Waals surface area (Å²) in [6.45, 7) is 8.39. The normalized spacial score (nSPS) is 35.6. The molecule has 4 fully saturated rings. The van der Waals surface area contributed by atoms with Gasteiger partial charge in [-0.1, -0.05) is 19.9 Å². The minimum absolute atomic E-state index is 0.101. The van der Waals surface area contributed by atoms with Crippen LogP contribution in [0.2, 0.25) is 0 Å². The smallest absolute Gasteiger partial charge is 0.103 e. The number of fused-ring (bicyclic) bond motifs is 2. The maximum absolute atomic E-state index is 11.3. The van der Waals surface area contributed by atoms with Gasteiger partial charge in [0.25, 0.3) is 0 Å². The summed E-state index contributed by atoms with van der Waals surface area (Å²) < 4.78 is 5.51. The Morgan fingerprint density at radius 1 is 1.30 bits per heavy atom. The highest BCUT2D eigenvalue weighted by molar-refractivity contribution is 5.94. The van der Waals surface area contributed by atoms with Crippen molar-refractivity contribution in [1.82, 2.24) is 4.98 Å². The molecule has 4 aliphatic rings. The molecule has 4 nitrogen and oxygen atoms in total. The lowest BCUT2D eigenvalue weighted by atomic mass is 9.44. The predicted molar refractivity (Wildman–Crippen MR) is 108 cm³/mol. The number of ether oxygens (including phenoxy) is 1. The van der Waals surface area contributed by atoms with Gasteiger partial charge in [-0.05, 0) is 80.2 Å². The molecule has 27 heavy (non-hydrogen) atoms. The lowest BCUT2D eigenvalue weighted by molar-refractivity contribution is -0.134. The summed E-state index contributed by atoms with van der Waals surface area (Å²) in [5.74, 6) is 1.72. The number of aliphatic hydroxyl groups is 1. The molecule has 4 unspecified atom stereocenters. The van der Waals surface area contributed by atoms with Crippen LogP contribution in [0.1, 0.15) is 70.9 Å². The second-order valence-electron chi connectivity index (χ2n) is 9.67. The van der Waals surface area contributed by atoms with Gasteiger partial charge in [-0.25, -0.2) is 0 Å². The largest absolute Gasteiger partial charge is 0.384 e. The van der Waals surface area contributed by atoms with E-state index in [9.17, 15) is 5.11 Å². The summed E-state index contributed by atoms with van der Waals surface area (Å²) in [5, 5.41) is 11.3. The van der Waals surface area contributed by atoms with Crippen molar-refractivity contribution in [2.75, 3.05) is 13.2 Å². The Kier molecular flexibility index (Phi) is 5.15. The van der Waals surface area contributed by atoms with Crippen molar-refractivity contribution in [2.45, 2.75) is 70.9 Å². The molecule has 0 radical (unpaired) electrons. The first-order chi connectivity index (χ1) is 12.9. The van der Waals surface area contributed by atoms with E-state index in [1.807, 2.05) is 25.4 Å². The van der Waals surface area contributed by atoms with Gasteiger partial charge in [0.2, 0.25) is 0 Å². The van der Waals surface area contributed by atoms with Crippen molar-refractivity contribution in [1.29, 1.82) is 0 Å². The second kappa shape index (κ2) is 7.29. The molecule has 0 aromatic carbocycles. The van der Waals surface area contributed by atoms with Crippen molar-refractivity contribution in [2.24, 2.45) is 28.2 Å². The van der Waals surface area contributed by atoms with E-state index in [-0.39, 0.29) is 11.5 Å². The summed E-state index contributed by atoms with van der Waals surface area (Å²) in [7, 11) is 0. The zero-order chi connectivity index (χ0) is 19.1. The minimum Gasteiger partial charge on any atom is -0.384 e.